The molecular weight excluding hydrogens is 409 g/mol. The van der Waals surface area contributed by atoms with Gasteiger partial charge in [0.15, 0.2) is 0 Å². The highest BCUT2D eigenvalue weighted by Crippen LogP contribution is 2.39. The van der Waals surface area contributed by atoms with Gasteiger partial charge in [-0.2, -0.15) is 0 Å². The summed E-state index contributed by atoms with van der Waals surface area (Å²) in [6, 6.07) is 3.75. The van der Waals surface area contributed by atoms with Gasteiger partial charge in [-0.3, -0.25) is 0 Å². The first-order valence-electron chi connectivity index (χ1n) is 7.94. The molecule has 1 aliphatic heterocycles. The molecule has 126 valence electrons. The van der Waals surface area contributed by atoms with Gasteiger partial charge in [0.2, 0.25) is 5.88 Å². The van der Waals surface area contributed by atoms with Crippen LogP contribution in [0.3, 0.4) is 0 Å². The Hall–Kier alpha value is -1.12. The van der Waals surface area contributed by atoms with Gasteiger partial charge in [0.05, 0.1) is 0 Å². The van der Waals surface area contributed by atoms with Crippen LogP contribution < -0.4 is 4.74 Å². The van der Waals surface area contributed by atoms with E-state index in [4.69, 9.17) is 9.47 Å². The molecule has 0 aromatic carbocycles. The summed E-state index contributed by atoms with van der Waals surface area (Å²) in [6.45, 7) is 7.21. The lowest BCUT2D eigenvalue weighted by molar-refractivity contribution is 0.0271. The fourth-order valence-corrected chi connectivity index (χ4v) is 3.64. The van der Waals surface area contributed by atoms with E-state index in [0.717, 1.165) is 29.6 Å². The molecule has 1 saturated heterocycles. The average molecular weight is 431 g/mol. The summed E-state index contributed by atoms with van der Waals surface area (Å²) in [6.07, 6.45) is 1.88. The minimum atomic E-state index is -0.441. The third-order valence-corrected chi connectivity index (χ3v) is 4.83. The second-order valence-electron chi connectivity index (χ2n) is 7.31. The van der Waals surface area contributed by atoms with Crippen LogP contribution >= 0.6 is 22.6 Å². The summed E-state index contributed by atoms with van der Waals surface area (Å²) in [4.78, 5) is 14.0. The number of carbonyl (C=O) groups is 1. The molecule has 0 radical (unpaired) electrons. The van der Waals surface area contributed by atoms with E-state index in [1.54, 1.807) is 0 Å². The standard InChI is InChI=1S/C16H22IN3O3/c1-16(2,3)23-15(21)20-8-10-6-12(7-11(10)9-20)22-14-5-4-13(17)18-19-14/h4-5,10-12H,6-9H2,1-3H3/t10-,11?,12?/m1/s1. The summed E-state index contributed by atoms with van der Waals surface area (Å²) >= 11 is 2.12. The predicted octanol–water partition coefficient (Wildman–Crippen LogP) is 3.11. The van der Waals surface area contributed by atoms with Crippen molar-refractivity contribution in [3.8, 4) is 5.88 Å². The van der Waals surface area contributed by atoms with E-state index in [2.05, 4.69) is 32.8 Å². The summed E-state index contributed by atoms with van der Waals surface area (Å²) in [5.74, 6) is 1.56. The molecule has 1 amide bonds. The summed E-state index contributed by atoms with van der Waals surface area (Å²) in [5.41, 5.74) is -0.441. The van der Waals surface area contributed by atoms with E-state index in [9.17, 15) is 4.79 Å². The van der Waals surface area contributed by atoms with Crippen molar-refractivity contribution in [3.05, 3.63) is 15.8 Å². The topological polar surface area (TPSA) is 64.5 Å². The monoisotopic (exact) mass is 431 g/mol. The van der Waals surface area contributed by atoms with Gasteiger partial charge in [-0.25, -0.2) is 4.79 Å². The maximum Gasteiger partial charge on any atom is 0.410 e. The Morgan fingerprint density at radius 2 is 1.87 bits per heavy atom. The van der Waals surface area contributed by atoms with Crippen molar-refractivity contribution in [1.29, 1.82) is 0 Å². The second-order valence-corrected chi connectivity index (χ2v) is 8.42. The van der Waals surface area contributed by atoms with Crippen LogP contribution in [0.25, 0.3) is 0 Å². The zero-order valence-corrected chi connectivity index (χ0v) is 15.8. The lowest BCUT2D eigenvalue weighted by atomic mass is 10.0. The van der Waals surface area contributed by atoms with Gasteiger partial charge in [0.1, 0.15) is 15.4 Å². The Morgan fingerprint density at radius 3 is 2.39 bits per heavy atom. The number of halogens is 1. The van der Waals surface area contributed by atoms with Crippen molar-refractivity contribution >= 4 is 28.7 Å². The zero-order valence-electron chi connectivity index (χ0n) is 13.7. The number of aromatic nitrogens is 2. The fraction of sp³-hybridized carbons (Fsp3) is 0.688. The molecule has 1 aromatic heterocycles. The number of fused-ring (bicyclic) bond motifs is 1. The van der Waals surface area contributed by atoms with Gasteiger partial charge in [-0.05, 0) is 74.1 Å². The molecule has 2 fully saturated rings. The van der Waals surface area contributed by atoms with Gasteiger partial charge in [-0.1, -0.05) is 0 Å². The van der Waals surface area contributed by atoms with Crippen molar-refractivity contribution in [1.82, 2.24) is 15.1 Å². The molecule has 2 heterocycles. The summed E-state index contributed by atoms with van der Waals surface area (Å²) in [7, 11) is 0. The minimum absolute atomic E-state index is 0.167. The van der Waals surface area contributed by atoms with Gasteiger partial charge in [0.25, 0.3) is 0 Å². The molecule has 3 rings (SSSR count). The van der Waals surface area contributed by atoms with Crippen LogP contribution in [0.15, 0.2) is 12.1 Å². The molecule has 7 heteroatoms. The smallest absolute Gasteiger partial charge is 0.410 e. The van der Waals surface area contributed by atoms with E-state index in [1.807, 2.05) is 37.8 Å². The van der Waals surface area contributed by atoms with E-state index < -0.39 is 5.60 Å². The number of ether oxygens (including phenoxy) is 2. The lowest BCUT2D eigenvalue weighted by Crippen LogP contribution is -2.36. The number of hydrogen-bond donors (Lipinski definition) is 0. The van der Waals surface area contributed by atoms with Gasteiger partial charge >= 0.3 is 6.09 Å². The first-order chi connectivity index (χ1) is 10.8. The average Bonchev–Trinajstić information content (AvgIpc) is 2.97. The normalized spacial score (nSPS) is 27.0. The summed E-state index contributed by atoms with van der Waals surface area (Å²) < 4.78 is 12.2. The Balaban J connectivity index is 1.51. The van der Waals surface area contributed by atoms with Crippen LogP contribution in [0.2, 0.25) is 0 Å². The van der Waals surface area contributed by atoms with Crippen LogP contribution in [0, 0.1) is 15.5 Å². The second kappa shape index (κ2) is 6.41. The van der Waals surface area contributed by atoms with Gasteiger partial charge in [0, 0.05) is 19.2 Å². The van der Waals surface area contributed by atoms with E-state index in [0.29, 0.717) is 17.7 Å². The van der Waals surface area contributed by atoms with E-state index in [1.165, 1.54) is 0 Å². The molecule has 1 saturated carbocycles. The number of amides is 1. The van der Waals surface area contributed by atoms with Crippen molar-refractivity contribution in [3.63, 3.8) is 0 Å². The molecule has 0 N–H and O–H groups in total. The maximum absolute atomic E-state index is 12.2. The van der Waals surface area contributed by atoms with Crippen LogP contribution in [0.4, 0.5) is 4.79 Å². The number of likely N-dealkylation sites (tertiary alicyclic amines) is 1. The molecule has 2 aliphatic rings. The van der Waals surface area contributed by atoms with Crippen LogP contribution in [-0.4, -0.2) is 46.0 Å². The molecule has 6 nitrogen and oxygen atoms in total. The summed E-state index contributed by atoms with van der Waals surface area (Å²) in [5, 5.41) is 8.06. The van der Waals surface area contributed by atoms with Crippen LogP contribution in [0.5, 0.6) is 5.88 Å². The molecule has 0 spiro atoms. The zero-order chi connectivity index (χ0) is 16.6. The Morgan fingerprint density at radius 1 is 1.22 bits per heavy atom. The molecule has 1 aliphatic carbocycles. The minimum Gasteiger partial charge on any atom is -0.473 e. The number of carbonyl (C=O) groups excluding carboxylic acids is 1. The quantitative estimate of drug-likeness (QED) is 0.674. The number of hydrogen-bond acceptors (Lipinski definition) is 5. The first kappa shape index (κ1) is 16.7. The molecular formula is C16H22IN3O3. The van der Waals surface area contributed by atoms with Crippen molar-refractivity contribution in [2.75, 3.05) is 13.1 Å². The lowest BCUT2D eigenvalue weighted by Gasteiger charge is -2.25. The van der Waals surface area contributed by atoms with Crippen LogP contribution in [0.1, 0.15) is 33.6 Å². The molecule has 23 heavy (non-hydrogen) atoms. The van der Waals surface area contributed by atoms with Gasteiger partial charge < -0.3 is 14.4 Å². The third-order valence-electron chi connectivity index (χ3n) is 4.25. The number of rotatable bonds is 2. The Kier molecular flexibility index (Phi) is 4.66. The molecule has 2 unspecified atom stereocenters. The highest BCUT2D eigenvalue weighted by atomic mass is 127. The molecule has 1 aromatic rings. The van der Waals surface area contributed by atoms with Gasteiger partial charge in [-0.15, -0.1) is 10.2 Å². The fourth-order valence-electron chi connectivity index (χ4n) is 3.35. The predicted molar refractivity (Wildman–Crippen MR) is 93.2 cm³/mol. The highest BCUT2D eigenvalue weighted by Gasteiger charge is 2.44. The Bertz CT molecular complexity index is 559. The molecule has 3 atom stereocenters. The SMILES string of the molecule is CC(C)(C)OC(=O)N1CC2CC(Oc3ccc(I)nn3)C[C@@H]2C1. The largest absolute Gasteiger partial charge is 0.473 e. The number of nitrogens with zero attached hydrogens (tertiary/aromatic N) is 3. The first-order valence-corrected chi connectivity index (χ1v) is 9.02. The molecule has 0 bridgehead atoms. The van der Waals surface area contributed by atoms with Crippen molar-refractivity contribution in [2.45, 2.75) is 45.3 Å². The third kappa shape index (κ3) is 4.24. The van der Waals surface area contributed by atoms with E-state index >= 15 is 0 Å². The van der Waals surface area contributed by atoms with Crippen molar-refractivity contribution in [2.24, 2.45) is 11.8 Å². The Labute approximate surface area is 150 Å². The maximum atomic E-state index is 12.2. The van der Waals surface area contributed by atoms with Crippen molar-refractivity contribution < 1.29 is 14.3 Å². The van der Waals surface area contributed by atoms with E-state index in [-0.39, 0.29) is 12.2 Å². The highest BCUT2D eigenvalue weighted by molar-refractivity contribution is 14.1. The van der Waals surface area contributed by atoms with Crippen LogP contribution in [-0.2, 0) is 4.74 Å².